The second kappa shape index (κ2) is 6.96. The van der Waals surface area contributed by atoms with Crippen LogP contribution < -0.4 is 5.32 Å². The van der Waals surface area contributed by atoms with Crippen LogP contribution in [0.4, 0.5) is 5.69 Å². The summed E-state index contributed by atoms with van der Waals surface area (Å²) in [6, 6.07) is 6.39. The molecule has 2 amide bonds. The number of furan rings is 1. The summed E-state index contributed by atoms with van der Waals surface area (Å²) in [5, 5.41) is 3.66. The van der Waals surface area contributed by atoms with Gasteiger partial charge in [-0.05, 0) is 56.4 Å². The third-order valence-electron chi connectivity index (χ3n) is 5.77. The fraction of sp³-hybridized carbons (Fsp3) is 0.476. The van der Waals surface area contributed by atoms with Crippen LogP contribution >= 0.6 is 0 Å². The van der Waals surface area contributed by atoms with Crippen LogP contribution in [0.15, 0.2) is 28.7 Å². The first-order valence-electron chi connectivity index (χ1n) is 9.65. The van der Waals surface area contributed by atoms with E-state index in [1.54, 1.807) is 24.3 Å². The highest BCUT2D eigenvalue weighted by Crippen LogP contribution is 2.45. The van der Waals surface area contributed by atoms with Gasteiger partial charge in [0, 0.05) is 23.0 Å². The lowest BCUT2D eigenvalue weighted by Crippen LogP contribution is -2.48. The summed E-state index contributed by atoms with van der Waals surface area (Å²) in [6.07, 6.45) is 4.12. The number of piperidine rings is 1. The molecule has 4 rings (SSSR count). The molecule has 7 nitrogen and oxygen atoms in total. The van der Waals surface area contributed by atoms with Crippen molar-refractivity contribution < 1.29 is 23.5 Å². The van der Waals surface area contributed by atoms with E-state index in [9.17, 15) is 14.4 Å². The molecule has 1 atom stereocenters. The Bertz CT molecular complexity index is 943. The number of rotatable bonds is 4. The number of methoxy groups -OCH3 is 1. The topological polar surface area (TPSA) is 88.9 Å². The fourth-order valence-electron chi connectivity index (χ4n) is 3.62. The first-order chi connectivity index (χ1) is 13.4. The van der Waals surface area contributed by atoms with Crippen molar-refractivity contribution in [1.29, 1.82) is 0 Å². The predicted octanol–water partition coefficient (Wildman–Crippen LogP) is 3.34. The molecule has 0 spiro atoms. The van der Waals surface area contributed by atoms with Crippen LogP contribution in [0.1, 0.15) is 49.6 Å². The Labute approximate surface area is 163 Å². The van der Waals surface area contributed by atoms with Gasteiger partial charge in [0.15, 0.2) is 5.76 Å². The van der Waals surface area contributed by atoms with Gasteiger partial charge >= 0.3 is 5.97 Å². The summed E-state index contributed by atoms with van der Waals surface area (Å²) >= 11 is 0. The molecule has 1 aromatic heterocycles. The normalized spacial score (nSPS) is 20.6. The quantitative estimate of drug-likeness (QED) is 0.817. The molecule has 1 aliphatic heterocycles. The van der Waals surface area contributed by atoms with E-state index in [-0.39, 0.29) is 23.0 Å². The number of nitrogens with zero attached hydrogens (tertiary/aromatic N) is 1. The molecule has 1 unspecified atom stereocenters. The minimum absolute atomic E-state index is 0.0147. The lowest BCUT2D eigenvalue weighted by molar-refractivity contribution is -0.147. The minimum Gasteiger partial charge on any atom is -0.467 e. The molecule has 1 aliphatic carbocycles. The number of likely N-dealkylation sites (tertiary alicyclic amines) is 1. The number of amides is 2. The molecule has 0 bridgehead atoms. The maximum Gasteiger partial charge on any atom is 0.328 e. The Morgan fingerprint density at radius 3 is 2.71 bits per heavy atom. The van der Waals surface area contributed by atoms with Crippen molar-refractivity contribution in [1.82, 2.24) is 4.90 Å². The highest BCUT2D eigenvalue weighted by Gasteiger charge is 2.44. The van der Waals surface area contributed by atoms with E-state index >= 15 is 0 Å². The molecule has 2 heterocycles. The number of hydrogen-bond acceptors (Lipinski definition) is 5. The monoisotopic (exact) mass is 384 g/mol. The molecule has 2 fully saturated rings. The number of ether oxygens (including phenoxy) is 1. The Kier molecular flexibility index (Phi) is 4.61. The summed E-state index contributed by atoms with van der Waals surface area (Å²) < 4.78 is 10.6. The SMILES string of the molecule is COC(=O)C1CCCCN1C(=O)c1cc2cc(NC(=O)C3(C)CC3)ccc2o1. The summed E-state index contributed by atoms with van der Waals surface area (Å²) in [5.41, 5.74) is 0.977. The Morgan fingerprint density at radius 1 is 1.21 bits per heavy atom. The van der Waals surface area contributed by atoms with Gasteiger partial charge in [-0.15, -0.1) is 0 Å². The second-order valence-electron chi connectivity index (χ2n) is 7.91. The average Bonchev–Trinajstić information content (AvgIpc) is 3.32. The largest absolute Gasteiger partial charge is 0.467 e. The number of nitrogens with one attached hydrogen (secondary N) is 1. The zero-order valence-electron chi connectivity index (χ0n) is 16.1. The number of carbonyl (C=O) groups is 3. The van der Waals surface area contributed by atoms with Crippen molar-refractivity contribution in [3.05, 3.63) is 30.0 Å². The molecule has 0 radical (unpaired) electrons. The van der Waals surface area contributed by atoms with Crippen molar-refractivity contribution in [3.8, 4) is 0 Å². The zero-order valence-corrected chi connectivity index (χ0v) is 16.1. The van der Waals surface area contributed by atoms with Gasteiger partial charge in [-0.3, -0.25) is 9.59 Å². The summed E-state index contributed by atoms with van der Waals surface area (Å²) in [7, 11) is 1.33. The molecular formula is C21H24N2O5. The van der Waals surface area contributed by atoms with E-state index in [0.29, 0.717) is 24.2 Å². The molecule has 1 saturated carbocycles. The first-order valence-corrected chi connectivity index (χ1v) is 9.65. The molecule has 1 aromatic carbocycles. The third kappa shape index (κ3) is 3.37. The number of anilines is 1. The Balaban J connectivity index is 1.56. The molecule has 2 aliphatic rings. The van der Waals surface area contributed by atoms with Crippen LogP contribution in [0.25, 0.3) is 11.0 Å². The first kappa shape index (κ1) is 18.5. The van der Waals surface area contributed by atoms with Gasteiger partial charge in [0.05, 0.1) is 7.11 Å². The number of benzene rings is 1. The van der Waals surface area contributed by atoms with Crippen LogP contribution in [-0.2, 0) is 14.3 Å². The fourth-order valence-corrected chi connectivity index (χ4v) is 3.62. The minimum atomic E-state index is -0.575. The van der Waals surface area contributed by atoms with Crippen LogP contribution in [-0.4, -0.2) is 42.4 Å². The zero-order chi connectivity index (χ0) is 19.9. The smallest absolute Gasteiger partial charge is 0.328 e. The van der Waals surface area contributed by atoms with Crippen LogP contribution in [0.5, 0.6) is 0 Å². The molecule has 28 heavy (non-hydrogen) atoms. The highest BCUT2D eigenvalue weighted by molar-refractivity contribution is 6.01. The Morgan fingerprint density at radius 2 is 2.00 bits per heavy atom. The van der Waals surface area contributed by atoms with Crippen LogP contribution in [0, 0.1) is 5.41 Å². The van der Waals surface area contributed by atoms with E-state index in [4.69, 9.17) is 9.15 Å². The van der Waals surface area contributed by atoms with Gasteiger partial charge in [-0.25, -0.2) is 4.79 Å². The standard InChI is InChI=1S/C21H24N2O5/c1-21(8-9-21)20(26)22-14-6-7-16-13(11-14)12-17(28-16)18(24)23-10-4-3-5-15(23)19(25)27-2/h6-7,11-12,15H,3-5,8-10H2,1-2H3,(H,22,26). The van der Waals surface area contributed by atoms with Crippen molar-refractivity contribution >= 4 is 34.4 Å². The summed E-state index contributed by atoms with van der Waals surface area (Å²) in [6.45, 7) is 2.45. The van der Waals surface area contributed by atoms with Crippen molar-refractivity contribution in [2.45, 2.75) is 45.1 Å². The summed E-state index contributed by atoms with van der Waals surface area (Å²) in [5.74, 6) is -0.519. The molecule has 1 saturated heterocycles. The maximum atomic E-state index is 13.0. The predicted molar refractivity (Wildman–Crippen MR) is 103 cm³/mol. The maximum absolute atomic E-state index is 13.0. The van der Waals surface area contributed by atoms with E-state index in [1.807, 2.05) is 6.92 Å². The number of carbonyl (C=O) groups excluding carboxylic acids is 3. The molecule has 7 heteroatoms. The van der Waals surface area contributed by atoms with Crippen LogP contribution in [0.2, 0.25) is 0 Å². The Hall–Kier alpha value is -2.83. The van der Waals surface area contributed by atoms with Crippen molar-refractivity contribution in [2.75, 3.05) is 19.0 Å². The third-order valence-corrected chi connectivity index (χ3v) is 5.77. The van der Waals surface area contributed by atoms with Gasteiger partial charge in [-0.2, -0.15) is 0 Å². The van der Waals surface area contributed by atoms with E-state index in [2.05, 4.69) is 5.32 Å². The number of esters is 1. The van der Waals surface area contributed by atoms with Crippen molar-refractivity contribution in [2.24, 2.45) is 5.41 Å². The van der Waals surface area contributed by atoms with Crippen LogP contribution in [0.3, 0.4) is 0 Å². The molecule has 1 N–H and O–H groups in total. The van der Waals surface area contributed by atoms with Crippen molar-refractivity contribution in [3.63, 3.8) is 0 Å². The average molecular weight is 384 g/mol. The lowest BCUT2D eigenvalue weighted by Gasteiger charge is -2.33. The number of hydrogen-bond donors (Lipinski definition) is 1. The molecule has 148 valence electrons. The van der Waals surface area contributed by atoms with Gasteiger partial charge < -0.3 is 19.4 Å². The number of fused-ring (bicyclic) bond motifs is 1. The highest BCUT2D eigenvalue weighted by atomic mass is 16.5. The van der Waals surface area contributed by atoms with Gasteiger partial charge in [0.2, 0.25) is 5.91 Å². The van der Waals surface area contributed by atoms with Gasteiger partial charge in [-0.1, -0.05) is 6.92 Å². The van der Waals surface area contributed by atoms with E-state index in [1.165, 1.54) is 12.0 Å². The molecule has 2 aromatic rings. The van der Waals surface area contributed by atoms with E-state index in [0.717, 1.165) is 31.1 Å². The molecular weight excluding hydrogens is 360 g/mol. The summed E-state index contributed by atoms with van der Waals surface area (Å²) in [4.78, 5) is 38.8. The lowest BCUT2D eigenvalue weighted by atomic mass is 10.0. The second-order valence-corrected chi connectivity index (χ2v) is 7.91. The van der Waals surface area contributed by atoms with E-state index < -0.39 is 12.0 Å². The van der Waals surface area contributed by atoms with Gasteiger partial charge in [0.1, 0.15) is 11.6 Å². The van der Waals surface area contributed by atoms with Gasteiger partial charge in [0.25, 0.3) is 5.91 Å².